The molecule has 0 unspecified atom stereocenters. The van der Waals surface area contributed by atoms with Crippen LogP contribution >= 0.6 is 15.9 Å². The molecular formula is C18H20BrNO2. The zero-order chi connectivity index (χ0) is 15.8. The van der Waals surface area contributed by atoms with E-state index in [-0.39, 0.29) is 5.91 Å². The van der Waals surface area contributed by atoms with Crippen molar-refractivity contribution in [2.75, 3.05) is 13.7 Å². The summed E-state index contributed by atoms with van der Waals surface area (Å²) < 4.78 is 6.13. The molecule has 0 spiro atoms. The molecule has 1 amide bonds. The normalized spacial score (nSPS) is 10.3. The largest absolute Gasteiger partial charge is 0.497 e. The summed E-state index contributed by atoms with van der Waals surface area (Å²) in [7, 11) is 1.66. The Morgan fingerprint density at radius 1 is 1.14 bits per heavy atom. The predicted octanol–water partition coefficient (Wildman–Crippen LogP) is 3.75. The van der Waals surface area contributed by atoms with Crippen molar-refractivity contribution >= 4 is 21.8 Å². The minimum Gasteiger partial charge on any atom is -0.497 e. The average molecular weight is 362 g/mol. The van der Waals surface area contributed by atoms with Crippen LogP contribution in [0, 0.1) is 0 Å². The SMILES string of the molecule is COc1ccc(CCCNC(=O)Cc2cccc(Br)c2)cc1. The second-order valence-corrected chi connectivity index (χ2v) is 6.02. The smallest absolute Gasteiger partial charge is 0.224 e. The first-order chi connectivity index (χ1) is 10.7. The number of rotatable bonds is 7. The molecule has 2 rings (SSSR count). The number of benzene rings is 2. The van der Waals surface area contributed by atoms with E-state index in [1.54, 1.807) is 7.11 Å². The van der Waals surface area contributed by atoms with E-state index in [0.29, 0.717) is 13.0 Å². The monoisotopic (exact) mass is 361 g/mol. The summed E-state index contributed by atoms with van der Waals surface area (Å²) in [5, 5.41) is 2.96. The van der Waals surface area contributed by atoms with Crippen LogP contribution in [0.2, 0.25) is 0 Å². The highest BCUT2D eigenvalue weighted by Crippen LogP contribution is 2.13. The zero-order valence-electron chi connectivity index (χ0n) is 12.6. The first-order valence-corrected chi connectivity index (χ1v) is 8.11. The second-order valence-electron chi connectivity index (χ2n) is 5.11. The summed E-state index contributed by atoms with van der Waals surface area (Å²) in [6.45, 7) is 0.693. The Morgan fingerprint density at radius 2 is 1.91 bits per heavy atom. The number of hydrogen-bond acceptors (Lipinski definition) is 2. The summed E-state index contributed by atoms with van der Waals surface area (Å²) in [5.74, 6) is 0.930. The van der Waals surface area contributed by atoms with Crippen molar-refractivity contribution in [3.05, 3.63) is 64.1 Å². The number of amides is 1. The van der Waals surface area contributed by atoms with E-state index in [2.05, 4.69) is 33.4 Å². The predicted molar refractivity (Wildman–Crippen MR) is 92.2 cm³/mol. The molecule has 0 fully saturated rings. The van der Waals surface area contributed by atoms with Crippen molar-refractivity contribution in [1.29, 1.82) is 0 Å². The molecular weight excluding hydrogens is 342 g/mol. The number of nitrogens with one attached hydrogen (secondary N) is 1. The Bertz CT molecular complexity index is 611. The Hall–Kier alpha value is -1.81. The van der Waals surface area contributed by atoms with Crippen LogP contribution in [0.25, 0.3) is 0 Å². The number of carbonyl (C=O) groups excluding carboxylic acids is 1. The van der Waals surface area contributed by atoms with Gasteiger partial charge in [-0.1, -0.05) is 40.2 Å². The van der Waals surface area contributed by atoms with Gasteiger partial charge in [0.05, 0.1) is 13.5 Å². The number of halogens is 1. The van der Waals surface area contributed by atoms with Gasteiger partial charge in [0.15, 0.2) is 0 Å². The standard InChI is InChI=1S/C18H20BrNO2/c1-22-17-9-7-14(8-10-17)5-3-11-20-18(21)13-15-4-2-6-16(19)12-15/h2,4,6-10,12H,3,5,11,13H2,1H3,(H,20,21). The highest BCUT2D eigenvalue weighted by molar-refractivity contribution is 9.10. The number of hydrogen-bond donors (Lipinski definition) is 1. The lowest BCUT2D eigenvalue weighted by Gasteiger charge is -2.06. The van der Waals surface area contributed by atoms with Gasteiger partial charge in [-0.3, -0.25) is 4.79 Å². The highest BCUT2D eigenvalue weighted by atomic mass is 79.9. The fourth-order valence-corrected chi connectivity index (χ4v) is 2.65. The molecule has 3 nitrogen and oxygen atoms in total. The third-order valence-corrected chi connectivity index (χ3v) is 3.87. The summed E-state index contributed by atoms with van der Waals surface area (Å²) in [4.78, 5) is 11.9. The van der Waals surface area contributed by atoms with E-state index in [9.17, 15) is 4.79 Å². The molecule has 0 heterocycles. The van der Waals surface area contributed by atoms with Crippen LogP contribution in [-0.4, -0.2) is 19.6 Å². The molecule has 2 aromatic rings. The number of carbonyl (C=O) groups is 1. The molecule has 22 heavy (non-hydrogen) atoms. The van der Waals surface area contributed by atoms with Gasteiger partial charge in [-0.15, -0.1) is 0 Å². The molecule has 4 heteroatoms. The quantitative estimate of drug-likeness (QED) is 0.762. The first kappa shape index (κ1) is 16.6. The van der Waals surface area contributed by atoms with Crippen molar-refractivity contribution in [3.63, 3.8) is 0 Å². The van der Waals surface area contributed by atoms with Crippen LogP contribution in [0.3, 0.4) is 0 Å². The van der Waals surface area contributed by atoms with Gasteiger partial charge in [0.1, 0.15) is 5.75 Å². The molecule has 2 aromatic carbocycles. The maximum Gasteiger partial charge on any atom is 0.224 e. The van der Waals surface area contributed by atoms with Crippen LogP contribution in [0.4, 0.5) is 0 Å². The number of ether oxygens (including phenoxy) is 1. The molecule has 0 aliphatic carbocycles. The van der Waals surface area contributed by atoms with Gasteiger partial charge in [0, 0.05) is 11.0 Å². The Morgan fingerprint density at radius 3 is 2.59 bits per heavy atom. The summed E-state index contributed by atoms with van der Waals surface area (Å²) in [6.07, 6.45) is 2.29. The maximum absolute atomic E-state index is 11.9. The lowest BCUT2D eigenvalue weighted by Crippen LogP contribution is -2.26. The second kappa shape index (κ2) is 8.59. The molecule has 0 radical (unpaired) electrons. The molecule has 0 saturated carbocycles. The van der Waals surface area contributed by atoms with Gasteiger partial charge >= 0.3 is 0 Å². The highest BCUT2D eigenvalue weighted by Gasteiger charge is 2.03. The van der Waals surface area contributed by atoms with E-state index in [4.69, 9.17) is 4.74 Å². The molecule has 0 aliphatic heterocycles. The summed E-state index contributed by atoms with van der Waals surface area (Å²) in [6, 6.07) is 15.9. The first-order valence-electron chi connectivity index (χ1n) is 7.31. The third kappa shape index (κ3) is 5.53. The van der Waals surface area contributed by atoms with Gasteiger partial charge in [0.25, 0.3) is 0 Å². The van der Waals surface area contributed by atoms with E-state index in [1.807, 2.05) is 36.4 Å². The average Bonchev–Trinajstić information content (AvgIpc) is 2.52. The minimum atomic E-state index is 0.0628. The number of methoxy groups -OCH3 is 1. The van der Waals surface area contributed by atoms with Crippen LogP contribution in [0.5, 0.6) is 5.75 Å². The molecule has 0 bridgehead atoms. The molecule has 0 saturated heterocycles. The van der Waals surface area contributed by atoms with Crippen molar-refractivity contribution in [1.82, 2.24) is 5.32 Å². The third-order valence-electron chi connectivity index (χ3n) is 3.38. The van der Waals surface area contributed by atoms with E-state index >= 15 is 0 Å². The van der Waals surface area contributed by atoms with Gasteiger partial charge in [-0.25, -0.2) is 0 Å². The van der Waals surface area contributed by atoms with Crippen LogP contribution < -0.4 is 10.1 Å². The zero-order valence-corrected chi connectivity index (χ0v) is 14.2. The fraction of sp³-hybridized carbons (Fsp3) is 0.278. The molecule has 0 atom stereocenters. The van der Waals surface area contributed by atoms with Crippen molar-refractivity contribution in [2.24, 2.45) is 0 Å². The lowest BCUT2D eigenvalue weighted by atomic mass is 10.1. The van der Waals surface area contributed by atoms with Crippen LogP contribution in [0.1, 0.15) is 17.5 Å². The van der Waals surface area contributed by atoms with Crippen LogP contribution in [0.15, 0.2) is 53.0 Å². The lowest BCUT2D eigenvalue weighted by molar-refractivity contribution is -0.120. The van der Waals surface area contributed by atoms with Gasteiger partial charge < -0.3 is 10.1 Å². The van der Waals surface area contributed by atoms with Crippen LogP contribution in [-0.2, 0) is 17.6 Å². The van der Waals surface area contributed by atoms with Gasteiger partial charge in [-0.05, 0) is 48.2 Å². The van der Waals surface area contributed by atoms with Crippen molar-refractivity contribution in [2.45, 2.75) is 19.3 Å². The fourth-order valence-electron chi connectivity index (χ4n) is 2.21. The van der Waals surface area contributed by atoms with E-state index in [1.165, 1.54) is 5.56 Å². The Labute approximate surface area is 139 Å². The molecule has 0 aliphatic rings. The number of aryl methyl sites for hydroxylation is 1. The Balaban J connectivity index is 1.68. The summed E-state index contributed by atoms with van der Waals surface area (Å²) >= 11 is 3.41. The van der Waals surface area contributed by atoms with Gasteiger partial charge in [0.2, 0.25) is 5.91 Å². The van der Waals surface area contributed by atoms with Crippen molar-refractivity contribution in [3.8, 4) is 5.75 Å². The minimum absolute atomic E-state index is 0.0628. The van der Waals surface area contributed by atoms with E-state index in [0.717, 1.165) is 28.6 Å². The topological polar surface area (TPSA) is 38.3 Å². The Kier molecular flexibility index (Phi) is 6.46. The maximum atomic E-state index is 11.9. The van der Waals surface area contributed by atoms with Crippen molar-refractivity contribution < 1.29 is 9.53 Å². The van der Waals surface area contributed by atoms with Gasteiger partial charge in [-0.2, -0.15) is 0 Å². The summed E-state index contributed by atoms with van der Waals surface area (Å²) in [5.41, 5.74) is 2.27. The molecule has 1 N–H and O–H groups in total. The van der Waals surface area contributed by atoms with E-state index < -0.39 is 0 Å². The molecule has 116 valence electrons. The molecule has 0 aromatic heterocycles.